The van der Waals surface area contributed by atoms with Gasteiger partial charge < -0.3 is 9.13 Å². The van der Waals surface area contributed by atoms with E-state index in [4.69, 9.17) is 0 Å². The van der Waals surface area contributed by atoms with Gasteiger partial charge in [0.2, 0.25) is 0 Å². The highest BCUT2D eigenvalue weighted by atomic mass is 15.1. The van der Waals surface area contributed by atoms with E-state index in [1.807, 2.05) is 0 Å². The molecule has 0 saturated heterocycles. The summed E-state index contributed by atoms with van der Waals surface area (Å²) in [6, 6.07) is 88.7. The van der Waals surface area contributed by atoms with E-state index in [0.29, 0.717) is 0 Å². The van der Waals surface area contributed by atoms with Crippen LogP contribution in [0, 0.1) is 0 Å². The third kappa shape index (κ3) is 5.39. The van der Waals surface area contributed by atoms with Gasteiger partial charge in [0.05, 0.1) is 33.1 Å². The van der Waals surface area contributed by atoms with E-state index >= 15 is 0 Å². The van der Waals surface area contributed by atoms with Gasteiger partial charge in [0.15, 0.2) is 0 Å². The van der Waals surface area contributed by atoms with Crippen LogP contribution in [0.2, 0.25) is 0 Å². The molecule has 0 spiro atoms. The highest BCUT2D eigenvalue weighted by Crippen LogP contribution is 2.43. The van der Waals surface area contributed by atoms with Crippen LogP contribution in [0.3, 0.4) is 0 Å². The summed E-state index contributed by atoms with van der Waals surface area (Å²) < 4.78 is 9.71. The van der Waals surface area contributed by atoms with Crippen LogP contribution in [0.4, 0.5) is 0 Å². The van der Waals surface area contributed by atoms with Crippen molar-refractivity contribution in [3.05, 3.63) is 243 Å². The minimum absolute atomic E-state index is 1.12. The molecule has 14 aromatic rings. The van der Waals surface area contributed by atoms with Crippen molar-refractivity contribution >= 4 is 76.5 Å². The van der Waals surface area contributed by atoms with E-state index in [1.165, 1.54) is 93.1 Å². The topological polar surface area (TPSA) is 19.7 Å². The molecule has 308 valence electrons. The fourth-order valence-corrected chi connectivity index (χ4v) is 10.9. The molecule has 0 amide bonds. The normalized spacial score (nSPS) is 11.9. The fraction of sp³-hybridized carbons (Fsp3) is 0. The molecule has 0 unspecified atom stereocenters. The van der Waals surface area contributed by atoms with Gasteiger partial charge in [-0.1, -0.05) is 146 Å². The Morgan fingerprint density at radius 2 is 0.530 bits per heavy atom. The summed E-state index contributed by atoms with van der Waals surface area (Å²) in [5, 5.41) is 8.71. The van der Waals surface area contributed by atoms with Crippen LogP contribution in [0.15, 0.2) is 243 Å². The van der Waals surface area contributed by atoms with Gasteiger partial charge in [-0.05, 0) is 119 Å². The number of hydrogen-bond donors (Lipinski definition) is 0. The Bertz CT molecular complexity index is 3950. The lowest BCUT2D eigenvalue weighted by molar-refractivity contribution is 1.07. The van der Waals surface area contributed by atoms with Gasteiger partial charge in [-0.25, -0.2) is 0 Å². The summed E-state index contributed by atoms with van der Waals surface area (Å²) >= 11 is 0. The van der Waals surface area contributed by atoms with Crippen molar-refractivity contribution in [3.63, 3.8) is 0 Å². The van der Waals surface area contributed by atoms with Gasteiger partial charge in [-0.3, -0.25) is 9.13 Å². The summed E-state index contributed by atoms with van der Waals surface area (Å²) in [6.07, 6.45) is 0. The van der Waals surface area contributed by atoms with Gasteiger partial charge in [-0.2, -0.15) is 0 Å². The van der Waals surface area contributed by atoms with E-state index in [9.17, 15) is 0 Å². The molecule has 0 aliphatic heterocycles. The quantitative estimate of drug-likeness (QED) is 0.159. The van der Waals surface area contributed by atoms with E-state index in [-0.39, 0.29) is 0 Å². The molecule has 0 radical (unpaired) electrons. The molecule has 0 atom stereocenters. The fourth-order valence-electron chi connectivity index (χ4n) is 10.9. The van der Waals surface area contributed by atoms with Gasteiger partial charge >= 0.3 is 0 Å². The molecule has 0 bridgehead atoms. The van der Waals surface area contributed by atoms with E-state index in [2.05, 4.69) is 261 Å². The first-order chi connectivity index (χ1) is 32.8. The summed E-state index contributed by atoms with van der Waals surface area (Å²) in [6.45, 7) is 0. The molecule has 0 aliphatic rings. The van der Waals surface area contributed by atoms with Crippen LogP contribution in [0.25, 0.3) is 121 Å². The molecule has 10 aromatic carbocycles. The van der Waals surface area contributed by atoms with E-state index in [1.54, 1.807) is 0 Å². The molecule has 4 aromatic heterocycles. The number of fused-ring (bicyclic) bond motifs is 11. The Hall–Kier alpha value is -8.86. The molecule has 0 aliphatic carbocycles. The van der Waals surface area contributed by atoms with Crippen molar-refractivity contribution < 1.29 is 0 Å². The maximum absolute atomic E-state index is 2.48. The highest BCUT2D eigenvalue weighted by molar-refractivity contribution is 6.22. The molecular weight excluding hydrogens is 801 g/mol. The largest absolute Gasteiger partial charge is 0.309 e. The van der Waals surface area contributed by atoms with Crippen LogP contribution < -0.4 is 0 Å². The van der Waals surface area contributed by atoms with Crippen molar-refractivity contribution in [2.24, 2.45) is 0 Å². The third-order valence-corrected chi connectivity index (χ3v) is 13.7. The van der Waals surface area contributed by atoms with Crippen LogP contribution in [0.1, 0.15) is 0 Å². The summed E-state index contributed by atoms with van der Waals surface area (Å²) in [5.41, 5.74) is 17.6. The van der Waals surface area contributed by atoms with Crippen LogP contribution >= 0.6 is 0 Å². The molecule has 66 heavy (non-hydrogen) atoms. The van der Waals surface area contributed by atoms with Crippen molar-refractivity contribution in [2.75, 3.05) is 0 Å². The standard InChI is InChI=1S/C62H40N4/c1-3-19-45(20-4-1)63-55-29-11-7-25-49(55)53-39-43(33-35-59(53)63)41-17-15-23-47(37-41)65-57-31-13-9-27-51(57)61-52-28-10-14-32-58(52)66(62(61)65)48-24-16-18-42(38-48)44-34-36-60-54(40-44)50-26-8-12-30-56(50)64(60)46-21-5-2-6-22-46/h1-40H. The van der Waals surface area contributed by atoms with E-state index < -0.39 is 0 Å². The number of aromatic nitrogens is 4. The number of hydrogen-bond acceptors (Lipinski definition) is 0. The minimum Gasteiger partial charge on any atom is -0.309 e. The molecule has 4 nitrogen and oxygen atoms in total. The molecule has 0 saturated carbocycles. The van der Waals surface area contributed by atoms with Crippen LogP contribution in [0.5, 0.6) is 0 Å². The number of rotatable bonds is 6. The monoisotopic (exact) mass is 840 g/mol. The maximum Gasteiger partial charge on any atom is 0.131 e. The van der Waals surface area contributed by atoms with E-state index in [0.717, 1.165) is 28.4 Å². The average Bonchev–Trinajstić information content (AvgIpc) is 4.11. The first-order valence-corrected chi connectivity index (χ1v) is 22.7. The molecule has 14 rings (SSSR count). The van der Waals surface area contributed by atoms with Crippen LogP contribution in [-0.2, 0) is 0 Å². The zero-order valence-electron chi connectivity index (χ0n) is 35.9. The Balaban J connectivity index is 0.952. The van der Waals surface area contributed by atoms with Gasteiger partial charge in [0.1, 0.15) is 5.65 Å². The van der Waals surface area contributed by atoms with Gasteiger partial charge in [0, 0.05) is 60.5 Å². The Morgan fingerprint density at radius 1 is 0.197 bits per heavy atom. The predicted molar refractivity (Wildman–Crippen MR) is 277 cm³/mol. The Morgan fingerprint density at radius 3 is 0.970 bits per heavy atom. The minimum atomic E-state index is 1.12. The lowest BCUT2D eigenvalue weighted by Crippen LogP contribution is -2.02. The SMILES string of the molecule is c1ccc(-n2c3ccccc3c3cc(-c4cccc(-n5c6ccccc6c6c7ccccc7n(-c7cccc(-c8ccc9c(c8)c8ccccc8n9-c8ccccc8)c7)c65)c4)ccc32)cc1. The highest BCUT2D eigenvalue weighted by Gasteiger charge is 2.23. The predicted octanol–water partition coefficient (Wildman–Crippen LogP) is 16.3. The lowest BCUT2D eigenvalue weighted by atomic mass is 10.0. The molecule has 4 heteroatoms. The zero-order chi connectivity index (χ0) is 43.3. The van der Waals surface area contributed by atoms with Gasteiger partial charge in [0.25, 0.3) is 0 Å². The number of para-hydroxylation sites is 6. The Labute approximate surface area is 380 Å². The summed E-state index contributed by atoms with van der Waals surface area (Å²) in [5.74, 6) is 0. The van der Waals surface area contributed by atoms with Crippen molar-refractivity contribution in [1.29, 1.82) is 0 Å². The Kier molecular flexibility index (Phi) is 7.95. The average molecular weight is 841 g/mol. The lowest BCUT2D eigenvalue weighted by Gasteiger charge is -2.15. The zero-order valence-corrected chi connectivity index (χ0v) is 35.9. The van der Waals surface area contributed by atoms with Crippen LogP contribution in [-0.4, -0.2) is 18.3 Å². The van der Waals surface area contributed by atoms with Crippen molar-refractivity contribution in [2.45, 2.75) is 0 Å². The third-order valence-electron chi connectivity index (χ3n) is 13.7. The molecule has 4 heterocycles. The summed E-state index contributed by atoms with van der Waals surface area (Å²) in [4.78, 5) is 0. The number of nitrogens with zero attached hydrogens (tertiary/aromatic N) is 4. The van der Waals surface area contributed by atoms with Gasteiger partial charge in [-0.15, -0.1) is 0 Å². The second-order valence-electron chi connectivity index (χ2n) is 17.3. The summed E-state index contributed by atoms with van der Waals surface area (Å²) in [7, 11) is 0. The second kappa shape index (κ2) is 14.3. The molecule has 0 fully saturated rings. The number of benzene rings is 10. The van der Waals surface area contributed by atoms with Crippen molar-refractivity contribution in [3.8, 4) is 45.0 Å². The first-order valence-electron chi connectivity index (χ1n) is 22.7. The second-order valence-corrected chi connectivity index (χ2v) is 17.3. The van der Waals surface area contributed by atoms with Crippen molar-refractivity contribution in [1.82, 2.24) is 18.3 Å². The molecular formula is C62H40N4. The first kappa shape index (κ1) is 36.6. The smallest absolute Gasteiger partial charge is 0.131 e. The molecule has 0 N–H and O–H groups in total. The maximum atomic E-state index is 2.48.